The molecule has 0 bridgehead atoms. The van der Waals surface area contributed by atoms with Gasteiger partial charge in [0.1, 0.15) is 0 Å². The summed E-state index contributed by atoms with van der Waals surface area (Å²) in [5.41, 5.74) is 0. The molecule has 0 aliphatic carbocycles. The first-order valence-corrected chi connectivity index (χ1v) is 6.49. The maximum atomic E-state index is 11.5. The normalized spacial score (nSPS) is 31.3. The van der Waals surface area contributed by atoms with Gasteiger partial charge in [-0.1, -0.05) is 0 Å². The van der Waals surface area contributed by atoms with E-state index < -0.39 is 23.0 Å². The zero-order valence-electron chi connectivity index (χ0n) is 9.07. The highest BCUT2D eigenvalue weighted by Crippen LogP contribution is 2.12. The molecule has 2 heterocycles. The summed E-state index contributed by atoms with van der Waals surface area (Å²) in [5, 5.41) is 0. The Morgan fingerprint density at radius 1 is 0.824 bits per heavy atom. The molecule has 2 unspecified atom stereocenters. The van der Waals surface area contributed by atoms with Crippen LogP contribution in [0.3, 0.4) is 0 Å². The zero-order chi connectivity index (χ0) is 12.1. The molecule has 0 radical (unpaired) electrons. The van der Waals surface area contributed by atoms with Crippen LogP contribution in [0.1, 0.15) is 0 Å². The van der Waals surface area contributed by atoms with Crippen LogP contribution in [0, 0.1) is 0 Å². The average molecular weight is 270 g/mol. The molecule has 0 N–H and O–H groups in total. The van der Waals surface area contributed by atoms with Crippen molar-refractivity contribution in [2.75, 3.05) is 39.6 Å². The summed E-state index contributed by atoms with van der Waals surface area (Å²) >= 11 is 0. The van der Waals surface area contributed by atoms with Crippen LogP contribution >= 0.6 is 0 Å². The first-order valence-electron chi connectivity index (χ1n) is 5.16. The molecule has 2 atom stereocenters. The number of hydrogen-bond acceptors (Lipinski definition) is 8. The first-order chi connectivity index (χ1) is 8.16. The Hall–Kier alpha value is -0.290. The molecule has 0 aromatic heterocycles. The molecule has 2 aliphatic heterocycles. The number of ether oxygens (including phenoxy) is 4. The second-order valence-corrected chi connectivity index (χ2v) is 4.55. The second-order valence-electron chi connectivity index (χ2n) is 3.35. The Morgan fingerprint density at radius 3 is 1.65 bits per heavy atom. The van der Waals surface area contributed by atoms with Gasteiger partial charge in [-0.3, -0.25) is 0 Å². The lowest BCUT2D eigenvalue weighted by Gasteiger charge is -2.25. The molecule has 0 spiro atoms. The first kappa shape index (κ1) is 13.1. The van der Waals surface area contributed by atoms with Gasteiger partial charge in [0.25, 0.3) is 0 Å². The van der Waals surface area contributed by atoms with Gasteiger partial charge < -0.3 is 18.9 Å². The van der Waals surface area contributed by atoms with Crippen molar-refractivity contribution in [3.05, 3.63) is 0 Å². The van der Waals surface area contributed by atoms with E-state index in [9.17, 15) is 8.42 Å². The van der Waals surface area contributed by atoms with Gasteiger partial charge in [-0.2, -0.15) is 8.42 Å². The van der Waals surface area contributed by atoms with Crippen LogP contribution in [-0.2, 0) is 37.7 Å². The van der Waals surface area contributed by atoms with Crippen molar-refractivity contribution in [1.82, 2.24) is 0 Å². The van der Waals surface area contributed by atoms with E-state index in [1.807, 2.05) is 0 Å². The Kier molecular flexibility index (Phi) is 4.68. The van der Waals surface area contributed by atoms with Gasteiger partial charge in [-0.25, -0.2) is 8.37 Å². The van der Waals surface area contributed by atoms with Crippen LogP contribution in [0.15, 0.2) is 0 Å². The predicted molar refractivity (Wildman–Crippen MR) is 52.2 cm³/mol. The fourth-order valence-electron chi connectivity index (χ4n) is 1.33. The quantitative estimate of drug-likeness (QED) is 0.643. The van der Waals surface area contributed by atoms with Gasteiger partial charge >= 0.3 is 10.4 Å². The maximum Gasteiger partial charge on any atom is 0.405 e. The molecule has 2 fully saturated rings. The summed E-state index contributed by atoms with van der Waals surface area (Å²) in [6, 6.07) is 0. The molecule has 2 rings (SSSR count). The highest BCUT2D eigenvalue weighted by Gasteiger charge is 2.28. The molecule has 2 aliphatic rings. The summed E-state index contributed by atoms with van der Waals surface area (Å²) in [4.78, 5) is 0. The maximum absolute atomic E-state index is 11.5. The molecule has 100 valence electrons. The largest absolute Gasteiger partial charge is 0.405 e. The van der Waals surface area contributed by atoms with E-state index in [-0.39, 0.29) is 26.4 Å². The van der Waals surface area contributed by atoms with Gasteiger partial charge in [0, 0.05) is 0 Å². The highest BCUT2D eigenvalue weighted by atomic mass is 32.3. The summed E-state index contributed by atoms with van der Waals surface area (Å²) in [5.74, 6) is 0. The van der Waals surface area contributed by atoms with E-state index >= 15 is 0 Å². The van der Waals surface area contributed by atoms with Crippen LogP contribution < -0.4 is 0 Å². The molecule has 0 aromatic rings. The van der Waals surface area contributed by atoms with Gasteiger partial charge in [-0.05, 0) is 0 Å². The third kappa shape index (κ3) is 4.47. The molecule has 8 nitrogen and oxygen atoms in total. The third-order valence-corrected chi connectivity index (χ3v) is 2.92. The van der Waals surface area contributed by atoms with Gasteiger partial charge in [0.2, 0.25) is 12.6 Å². The minimum absolute atomic E-state index is 0.0462. The number of hydrogen-bond donors (Lipinski definition) is 0. The fourth-order valence-corrected chi connectivity index (χ4v) is 2.12. The summed E-state index contributed by atoms with van der Waals surface area (Å²) in [6.07, 6.45) is -1.95. The summed E-state index contributed by atoms with van der Waals surface area (Å²) in [6.45, 7) is 1.49. The topological polar surface area (TPSA) is 89.5 Å². The van der Waals surface area contributed by atoms with Crippen molar-refractivity contribution in [1.29, 1.82) is 0 Å². The lowest BCUT2D eigenvalue weighted by molar-refractivity contribution is -0.192. The standard InChI is InChI=1S/C8H14O8S/c9-17(10,15-7-5-11-1-3-13-7)16-8-6-12-2-4-14-8/h7-8H,1-6H2. The molecule has 2 saturated heterocycles. The monoisotopic (exact) mass is 270 g/mol. The Morgan fingerprint density at radius 2 is 1.29 bits per heavy atom. The molecule has 0 amide bonds. The summed E-state index contributed by atoms with van der Waals surface area (Å²) in [7, 11) is -4.19. The van der Waals surface area contributed by atoms with Gasteiger partial charge in [0.05, 0.1) is 39.6 Å². The van der Waals surface area contributed by atoms with Crippen molar-refractivity contribution in [3.8, 4) is 0 Å². The van der Waals surface area contributed by atoms with E-state index in [1.54, 1.807) is 0 Å². The van der Waals surface area contributed by atoms with E-state index in [4.69, 9.17) is 18.9 Å². The van der Waals surface area contributed by atoms with Crippen LogP contribution in [0.5, 0.6) is 0 Å². The molecule has 17 heavy (non-hydrogen) atoms. The average Bonchev–Trinajstić information content (AvgIpc) is 2.30. The summed E-state index contributed by atoms with van der Waals surface area (Å²) < 4.78 is 52.2. The second kappa shape index (κ2) is 6.05. The minimum atomic E-state index is -4.19. The van der Waals surface area contributed by atoms with Crippen LogP contribution in [0.2, 0.25) is 0 Å². The van der Waals surface area contributed by atoms with Gasteiger partial charge in [0.15, 0.2) is 0 Å². The van der Waals surface area contributed by atoms with Crippen LogP contribution in [0.4, 0.5) is 0 Å². The fraction of sp³-hybridized carbons (Fsp3) is 1.00. The van der Waals surface area contributed by atoms with E-state index in [2.05, 4.69) is 8.37 Å². The lowest BCUT2D eigenvalue weighted by atomic mass is 10.6. The van der Waals surface area contributed by atoms with Crippen molar-refractivity contribution < 1.29 is 35.7 Å². The van der Waals surface area contributed by atoms with Crippen molar-refractivity contribution >= 4 is 10.4 Å². The predicted octanol–water partition coefficient (Wildman–Crippen LogP) is -0.990. The minimum Gasteiger partial charge on any atom is -0.374 e. The van der Waals surface area contributed by atoms with Crippen molar-refractivity contribution in [2.45, 2.75) is 12.6 Å². The Balaban J connectivity index is 1.80. The molecular weight excluding hydrogens is 256 g/mol. The lowest BCUT2D eigenvalue weighted by Crippen LogP contribution is -2.37. The smallest absolute Gasteiger partial charge is 0.374 e. The van der Waals surface area contributed by atoms with E-state index in [0.717, 1.165) is 0 Å². The van der Waals surface area contributed by atoms with Crippen molar-refractivity contribution in [2.24, 2.45) is 0 Å². The zero-order valence-corrected chi connectivity index (χ0v) is 9.89. The van der Waals surface area contributed by atoms with Crippen molar-refractivity contribution in [3.63, 3.8) is 0 Å². The number of rotatable bonds is 4. The molecule has 0 aromatic carbocycles. The van der Waals surface area contributed by atoms with Gasteiger partial charge in [-0.15, -0.1) is 0 Å². The molecule has 0 saturated carbocycles. The Labute approximate surface area is 99.0 Å². The highest BCUT2D eigenvalue weighted by molar-refractivity contribution is 7.81. The SMILES string of the molecule is O=S(=O)(OC1COCCO1)OC1COCCO1. The Bertz CT molecular complexity index is 290. The molecular formula is C8H14O8S. The third-order valence-electron chi connectivity index (χ3n) is 2.02. The van der Waals surface area contributed by atoms with Crippen LogP contribution in [0.25, 0.3) is 0 Å². The van der Waals surface area contributed by atoms with E-state index in [1.165, 1.54) is 0 Å². The van der Waals surface area contributed by atoms with Crippen LogP contribution in [-0.4, -0.2) is 60.6 Å². The van der Waals surface area contributed by atoms with E-state index in [0.29, 0.717) is 13.2 Å². The molecule has 9 heteroatoms.